The Hall–Kier alpha value is -3.09. The van der Waals surface area contributed by atoms with E-state index in [2.05, 4.69) is 26.0 Å². The molecule has 74 heavy (non-hydrogen) atoms. The number of rotatable bonds is 54. The minimum Gasteiger partial charge on any atom is -0.756 e. The summed E-state index contributed by atoms with van der Waals surface area (Å²) in [6.07, 6.45) is 51.7. The highest BCUT2D eigenvalue weighted by molar-refractivity contribution is 7.45. The van der Waals surface area contributed by atoms with E-state index < -0.39 is 32.5 Å². The Morgan fingerprint density at radius 3 is 1.24 bits per heavy atom. The molecular formula is C60H108NO12P. The van der Waals surface area contributed by atoms with E-state index >= 15 is 0 Å². The fourth-order valence-corrected chi connectivity index (χ4v) is 8.70. The molecule has 0 aliphatic rings. The summed E-state index contributed by atoms with van der Waals surface area (Å²) in [7, 11) is 1.03. The quantitative estimate of drug-likeness (QED) is 0.0108. The van der Waals surface area contributed by atoms with Gasteiger partial charge in [-0.2, -0.15) is 0 Å². The first kappa shape index (κ1) is 70.9. The van der Waals surface area contributed by atoms with Crippen LogP contribution >= 0.6 is 7.82 Å². The summed E-state index contributed by atoms with van der Waals surface area (Å²) in [5.74, 6) is -1.62. The van der Waals surface area contributed by atoms with Gasteiger partial charge in [0.1, 0.15) is 19.8 Å². The molecule has 0 bridgehead atoms. The van der Waals surface area contributed by atoms with Crippen molar-refractivity contribution in [2.45, 2.75) is 251 Å². The maximum Gasteiger partial charge on any atom is 0.330 e. The van der Waals surface area contributed by atoms with E-state index in [1.165, 1.54) is 128 Å². The Kier molecular flexibility index (Phi) is 49.8. The van der Waals surface area contributed by atoms with Gasteiger partial charge in [-0.3, -0.25) is 14.2 Å². The number of phosphoric acid groups is 1. The Labute approximate surface area is 451 Å². The second-order valence-electron chi connectivity index (χ2n) is 21.0. The highest BCUT2D eigenvalue weighted by atomic mass is 31.2. The number of carbonyl (C=O) groups is 4. The number of esters is 4. The lowest BCUT2D eigenvalue weighted by atomic mass is 10.1. The van der Waals surface area contributed by atoms with Crippen molar-refractivity contribution in [3.05, 3.63) is 48.6 Å². The molecular weight excluding hydrogens is 958 g/mol. The second-order valence-corrected chi connectivity index (χ2v) is 22.4. The van der Waals surface area contributed by atoms with Crippen LogP contribution in [-0.4, -0.2) is 95.2 Å². The van der Waals surface area contributed by atoms with Gasteiger partial charge in [0.15, 0.2) is 6.10 Å². The zero-order valence-corrected chi connectivity index (χ0v) is 48.6. The fourth-order valence-electron chi connectivity index (χ4n) is 7.97. The van der Waals surface area contributed by atoms with Crippen molar-refractivity contribution in [3.63, 3.8) is 0 Å². The average Bonchev–Trinajstić information content (AvgIpc) is 3.35. The molecule has 2 atom stereocenters. The Morgan fingerprint density at radius 2 is 0.824 bits per heavy atom. The minimum absolute atomic E-state index is 0.0721. The molecule has 0 aliphatic carbocycles. The SMILES string of the molecule is CCCCCCCCCCC/C=C/C=C/C(=O)OCCCCCCCCCC(=O)OC[C@H](COP(=O)([O-])OCC[N+](C)(C)C)OC(=O)CCCCCCCCCOC(=O)/C=C/C=C/CCCCCCCCCCC. The number of likely N-dealkylation sites (N-methyl/N-ethyl adjacent to an activating group) is 1. The fraction of sp³-hybridized carbons (Fsp3) is 0.800. The van der Waals surface area contributed by atoms with Gasteiger partial charge in [-0.15, -0.1) is 0 Å². The van der Waals surface area contributed by atoms with Gasteiger partial charge in [-0.1, -0.05) is 217 Å². The molecule has 0 spiro atoms. The first-order valence-corrected chi connectivity index (χ1v) is 31.0. The van der Waals surface area contributed by atoms with Crippen LogP contribution < -0.4 is 4.89 Å². The number of carbonyl (C=O) groups excluding carboxylic acids is 4. The van der Waals surface area contributed by atoms with Crippen LogP contribution in [-0.2, 0) is 51.7 Å². The molecule has 0 N–H and O–H groups in total. The molecule has 0 amide bonds. The van der Waals surface area contributed by atoms with Crippen molar-refractivity contribution in [2.24, 2.45) is 0 Å². The molecule has 0 aromatic rings. The molecule has 0 aliphatic heterocycles. The number of phosphoric ester groups is 1. The zero-order chi connectivity index (χ0) is 54.5. The van der Waals surface area contributed by atoms with Crippen molar-refractivity contribution in [3.8, 4) is 0 Å². The van der Waals surface area contributed by atoms with Gasteiger partial charge in [0, 0.05) is 25.0 Å². The smallest absolute Gasteiger partial charge is 0.330 e. The van der Waals surface area contributed by atoms with Crippen molar-refractivity contribution >= 4 is 31.7 Å². The molecule has 0 radical (unpaired) electrons. The predicted molar refractivity (Wildman–Crippen MR) is 299 cm³/mol. The number of hydrogen-bond acceptors (Lipinski definition) is 12. The van der Waals surface area contributed by atoms with E-state index in [1.54, 1.807) is 12.2 Å². The summed E-state index contributed by atoms with van der Waals surface area (Å²) in [6.45, 7) is 4.79. The molecule has 0 fully saturated rings. The van der Waals surface area contributed by atoms with E-state index in [1.807, 2.05) is 33.3 Å². The number of hydrogen-bond donors (Lipinski definition) is 0. The van der Waals surface area contributed by atoms with E-state index in [4.69, 9.17) is 28.0 Å². The first-order valence-electron chi connectivity index (χ1n) is 29.5. The van der Waals surface area contributed by atoms with Gasteiger partial charge in [0.25, 0.3) is 7.82 Å². The summed E-state index contributed by atoms with van der Waals surface area (Å²) in [5.41, 5.74) is 0. The Morgan fingerprint density at radius 1 is 0.446 bits per heavy atom. The lowest BCUT2D eigenvalue weighted by Crippen LogP contribution is -2.37. The average molecular weight is 1070 g/mol. The van der Waals surface area contributed by atoms with Crippen molar-refractivity contribution in [1.82, 2.24) is 0 Å². The molecule has 0 aromatic carbocycles. The highest BCUT2D eigenvalue weighted by Gasteiger charge is 2.22. The van der Waals surface area contributed by atoms with Crippen molar-refractivity contribution < 1.29 is 61.1 Å². The number of ether oxygens (including phenoxy) is 4. The third-order valence-electron chi connectivity index (χ3n) is 12.6. The van der Waals surface area contributed by atoms with Gasteiger partial charge < -0.3 is 37.4 Å². The van der Waals surface area contributed by atoms with E-state index in [0.717, 1.165) is 89.9 Å². The lowest BCUT2D eigenvalue weighted by Gasteiger charge is -2.28. The van der Waals surface area contributed by atoms with Crippen LogP contribution in [0.4, 0.5) is 0 Å². The molecule has 0 aromatic heterocycles. The summed E-state index contributed by atoms with van der Waals surface area (Å²) >= 11 is 0. The molecule has 0 saturated carbocycles. The van der Waals surface area contributed by atoms with Crippen LogP contribution in [0, 0.1) is 0 Å². The van der Waals surface area contributed by atoms with E-state index in [-0.39, 0.29) is 38.0 Å². The van der Waals surface area contributed by atoms with Crippen LogP contribution in [0.2, 0.25) is 0 Å². The van der Waals surface area contributed by atoms with Gasteiger partial charge in [-0.25, -0.2) is 9.59 Å². The zero-order valence-electron chi connectivity index (χ0n) is 47.7. The number of unbranched alkanes of at least 4 members (excludes halogenated alkanes) is 30. The molecule has 1 unspecified atom stereocenters. The van der Waals surface area contributed by atoms with Crippen LogP contribution in [0.5, 0.6) is 0 Å². The second kappa shape index (κ2) is 52.0. The third kappa shape index (κ3) is 55.2. The number of nitrogens with zero attached hydrogens (tertiary/aromatic N) is 1. The number of quaternary nitrogens is 1. The third-order valence-corrected chi connectivity index (χ3v) is 13.6. The standard InChI is InChI=1S/C60H108NO12P/c1-6-8-10-12-14-16-18-20-22-24-28-34-40-46-57(62)68-51-44-38-32-26-30-36-42-48-59(64)70-54-56(55-72-74(66,67)71-53-50-61(3,4)5)73-60(65)49-43-37-31-27-33-39-45-52-69-58(63)47-41-35-29-25-23-21-19-17-15-13-11-9-7-2/h28-29,34-35,40-41,46-47,56H,6-27,30-33,36-39,42-45,48-55H2,1-5H3/b34-28+,35-29+,46-40+,47-41+/t56-/m1/s1. The van der Waals surface area contributed by atoms with Crippen LogP contribution in [0.25, 0.3) is 0 Å². The van der Waals surface area contributed by atoms with Gasteiger partial charge in [0.05, 0.1) is 41.0 Å². The number of allylic oxidation sites excluding steroid dienone is 6. The normalized spacial score (nSPS) is 13.3. The molecule has 14 heteroatoms. The summed E-state index contributed by atoms with van der Waals surface area (Å²) in [5, 5.41) is 0. The van der Waals surface area contributed by atoms with Crippen LogP contribution in [0.1, 0.15) is 245 Å². The minimum atomic E-state index is -4.69. The molecule has 0 saturated heterocycles. The van der Waals surface area contributed by atoms with Crippen LogP contribution in [0.3, 0.4) is 0 Å². The predicted octanol–water partition coefficient (Wildman–Crippen LogP) is 15.0. The summed E-state index contributed by atoms with van der Waals surface area (Å²) < 4.78 is 44.6. The van der Waals surface area contributed by atoms with Crippen molar-refractivity contribution in [2.75, 3.05) is 60.7 Å². The van der Waals surface area contributed by atoms with E-state index in [9.17, 15) is 28.6 Å². The summed E-state index contributed by atoms with van der Waals surface area (Å²) in [4.78, 5) is 61.8. The van der Waals surface area contributed by atoms with E-state index in [0.29, 0.717) is 37.1 Å². The molecule has 0 heterocycles. The van der Waals surface area contributed by atoms with Gasteiger partial charge in [0.2, 0.25) is 0 Å². The largest absolute Gasteiger partial charge is 0.756 e. The molecule has 13 nitrogen and oxygen atoms in total. The maximum absolute atomic E-state index is 12.8. The lowest BCUT2D eigenvalue weighted by molar-refractivity contribution is -0.870. The Balaban J connectivity index is 4.28. The monoisotopic (exact) mass is 1070 g/mol. The topological polar surface area (TPSA) is 164 Å². The van der Waals surface area contributed by atoms with Gasteiger partial charge in [-0.05, 0) is 51.4 Å². The summed E-state index contributed by atoms with van der Waals surface area (Å²) in [6, 6.07) is 0. The highest BCUT2D eigenvalue weighted by Crippen LogP contribution is 2.38. The molecule has 430 valence electrons. The maximum atomic E-state index is 12.8. The molecule has 0 rings (SSSR count). The Bertz CT molecular complexity index is 1520. The van der Waals surface area contributed by atoms with Crippen LogP contribution in [0.15, 0.2) is 48.6 Å². The van der Waals surface area contributed by atoms with Crippen molar-refractivity contribution in [1.29, 1.82) is 0 Å². The van der Waals surface area contributed by atoms with Gasteiger partial charge >= 0.3 is 23.9 Å². The first-order chi connectivity index (χ1) is 35.8.